The maximum Gasteiger partial charge on any atom is 0.340 e. The molecule has 6 nitrogen and oxygen atoms in total. The van der Waals surface area contributed by atoms with E-state index in [1.807, 2.05) is 0 Å². The molecule has 2 aromatic rings. The minimum absolute atomic E-state index is 0.0410. The second-order valence-electron chi connectivity index (χ2n) is 4.40. The van der Waals surface area contributed by atoms with Gasteiger partial charge in [0.05, 0.1) is 33.3 Å². The van der Waals surface area contributed by atoms with Crippen molar-refractivity contribution < 1.29 is 23.1 Å². The number of rotatable bonds is 4. The molecule has 2 rings (SSSR count). The van der Waals surface area contributed by atoms with Crippen LogP contribution in [0.25, 0.3) is 0 Å². The Balaban J connectivity index is 2.45. The SMILES string of the molecule is COC(=O)c1cc(O)ccc1NS(=O)(=O)c1ccc(Cl)c(Cl)c1. The molecule has 9 heteroatoms. The van der Waals surface area contributed by atoms with Crippen molar-refractivity contribution >= 4 is 44.9 Å². The van der Waals surface area contributed by atoms with Crippen LogP contribution in [-0.2, 0) is 14.8 Å². The summed E-state index contributed by atoms with van der Waals surface area (Å²) in [5.41, 5.74) is -0.170. The quantitative estimate of drug-likeness (QED) is 0.631. The Kier molecular flexibility index (Phi) is 5.03. The summed E-state index contributed by atoms with van der Waals surface area (Å²) in [4.78, 5) is 11.6. The largest absolute Gasteiger partial charge is 0.508 e. The first-order chi connectivity index (χ1) is 10.7. The molecule has 0 saturated carbocycles. The molecule has 0 spiro atoms. The zero-order valence-electron chi connectivity index (χ0n) is 11.7. The summed E-state index contributed by atoms with van der Waals surface area (Å²) >= 11 is 11.6. The minimum Gasteiger partial charge on any atom is -0.508 e. The Labute approximate surface area is 142 Å². The molecule has 23 heavy (non-hydrogen) atoms. The van der Waals surface area contributed by atoms with Crippen LogP contribution in [0.15, 0.2) is 41.3 Å². The van der Waals surface area contributed by atoms with E-state index in [4.69, 9.17) is 23.2 Å². The maximum absolute atomic E-state index is 12.4. The Morgan fingerprint density at radius 3 is 2.43 bits per heavy atom. The fourth-order valence-electron chi connectivity index (χ4n) is 1.75. The number of halogens is 2. The summed E-state index contributed by atoms with van der Waals surface area (Å²) in [5.74, 6) is -1.00. The van der Waals surface area contributed by atoms with Crippen LogP contribution in [0.5, 0.6) is 5.75 Å². The van der Waals surface area contributed by atoms with Crippen molar-refractivity contribution in [3.05, 3.63) is 52.0 Å². The summed E-state index contributed by atoms with van der Waals surface area (Å²) in [7, 11) is -2.87. The van der Waals surface area contributed by atoms with Crippen LogP contribution < -0.4 is 4.72 Å². The first-order valence-corrected chi connectivity index (χ1v) is 8.37. The predicted molar refractivity (Wildman–Crippen MR) is 86.7 cm³/mol. The average Bonchev–Trinajstić information content (AvgIpc) is 2.50. The fourth-order valence-corrected chi connectivity index (χ4v) is 3.22. The summed E-state index contributed by atoms with van der Waals surface area (Å²) in [6.45, 7) is 0. The summed E-state index contributed by atoms with van der Waals surface area (Å²) in [5, 5.41) is 9.74. The number of esters is 1. The first kappa shape index (κ1) is 17.4. The first-order valence-electron chi connectivity index (χ1n) is 6.14. The highest BCUT2D eigenvalue weighted by molar-refractivity contribution is 7.92. The van der Waals surface area contributed by atoms with E-state index in [1.54, 1.807) is 0 Å². The van der Waals surface area contributed by atoms with Gasteiger partial charge in [0, 0.05) is 0 Å². The third kappa shape index (κ3) is 3.87. The third-order valence-electron chi connectivity index (χ3n) is 2.85. The molecule has 0 saturated heterocycles. The molecule has 0 fully saturated rings. The highest BCUT2D eigenvalue weighted by Crippen LogP contribution is 2.28. The number of nitrogens with one attached hydrogen (secondary N) is 1. The van der Waals surface area contributed by atoms with E-state index in [-0.39, 0.29) is 31.9 Å². The number of benzene rings is 2. The van der Waals surface area contributed by atoms with Crippen LogP contribution in [-0.4, -0.2) is 26.6 Å². The number of sulfonamides is 1. The van der Waals surface area contributed by atoms with E-state index >= 15 is 0 Å². The number of phenols is 1. The van der Waals surface area contributed by atoms with Crippen molar-refractivity contribution in [2.75, 3.05) is 11.8 Å². The standard InChI is InChI=1S/C14H11Cl2NO5S/c1-22-14(19)10-6-8(18)2-5-13(10)17-23(20,21)9-3-4-11(15)12(16)7-9/h2-7,17-18H,1H3. The number of phenolic OH excluding ortho intramolecular Hbond substituents is 1. The lowest BCUT2D eigenvalue weighted by Gasteiger charge is -2.12. The minimum atomic E-state index is -4.01. The molecule has 0 aliphatic carbocycles. The number of hydrogen-bond donors (Lipinski definition) is 2. The number of hydrogen-bond acceptors (Lipinski definition) is 5. The zero-order valence-corrected chi connectivity index (χ0v) is 14.0. The molecule has 0 aromatic heterocycles. The lowest BCUT2D eigenvalue weighted by Crippen LogP contribution is -2.16. The Morgan fingerprint density at radius 2 is 1.83 bits per heavy atom. The van der Waals surface area contributed by atoms with Crippen molar-refractivity contribution in [1.82, 2.24) is 0 Å². The van der Waals surface area contributed by atoms with Crippen LogP contribution in [0.2, 0.25) is 10.0 Å². The van der Waals surface area contributed by atoms with E-state index in [9.17, 15) is 18.3 Å². The van der Waals surface area contributed by atoms with Crippen LogP contribution in [0.1, 0.15) is 10.4 Å². The Hall–Kier alpha value is -1.96. The van der Waals surface area contributed by atoms with Crippen molar-refractivity contribution in [3.8, 4) is 5.75 Å². The molecule has 0 amide bonds. The number of anilines is 1. The number of aromatic hydroxyl groups is 1. The van der Waals surface area contributed by atoms with Gasteiger partial charge in [-0.1, -0.05) is 23.2 Å². The molecular formula is C14H11Cl2NO5S. The van der Waals surface area contributed by atoms with Gasteiger partial charge in [-0.25, -0.2) is 13.2 Å². The van der Waals surface area contributed by atoms with Crippen molar-refractivity contribution in [2.24, 2.45) is 0 Å². The molecule has 0 radical (unpaired) electrons. The Morgan fingerprint density at radius 1 is 1.13 bits per heavy atom. The van der Waals surface area contributed by atoms with Crippen molar-refractivity contribution in [3.63, 3.8) is 0 Å². The van der Waals surface area contributed by atoms with Gasteiger partial charge in [-0.2, -0.15) is 0 Å². The van der Waals surface area contributed by atoms with E-state index in [0.29, 0.717) is 0 Å². The molecule has 122 valence electrons. The summed E-state index contributed by atoms with van der Waals surface area (Å²) in [6, 6.07) is 7.38. The number of methoxy groups -OCH3 is 1. The van der Waals surface area contributed by atoms with Crippen LogP contribution in [0.4, 0.5) is 5.69 Å². The van der Waals surface area contributed by atoms with Gasteiger partial charge in [-0.05, 0) is 36.4 Å². The van der Waals surface area contributed by atoms with Gasteiger partial charge in [0.15, 0.2) is 0 Å². The number of carbonyl (C=O) groups is 1. The molecule has 2 aromatic carbocycles. The monoisotopic (exact) mass is 375 g/mol. The van der Waals surface area contributed by atoms with Crippen molar-refractivity contribution in [1.29, 1.82) is 0 Å². The van der Waals surface area contributed by atoms with Crippen LogP contribution >= 0.6 is 23.2 Å². The predicted octanol–water partition coefficient (Wildman–Crippen LogP) is 3.29. The van der Waals surface area contributed by atoms with Gasteiger partial charge >= 0.3 is 5.97 Å². The van der Waals surface area contributed by atoms with E-state index in [0.717, 1.165) is 13.2 Å². The highest BCUT2D eigenvalue weighted by Gasteiger charge is 2.20. The van der Waals surface area contributed by atoms with Gasteiger partial charge in [-0.3, -0.25) is 4.72 Å². The molecule has 0 aliphatic heterocycles. The van der Waals surface area contributed by atoms with E-state index in [1.165, 1.54) is 30.3 Å². The number of ether oxygens (including phenoxy) is 1. The van der Waals surface area contributed by atoms with Gasteiger partial charge in [0.2, 0.25) is 0 Å². The topological polar surface area (TPSA) is 92.7 Å². The summed E-state index contributed by atoms with van der Waals surface area (Å²) < 4.78 is 31.6. The molecule has 0 heterocycles. The lowest BCUT2D eigenvalue weighted by atomic mass is 10.2. The maximum atomic E-state index is 12.4. The fraction of sp³-hybridized carbons (Fsp3) is 0.0714. The van der Waals surface area contributed by atoms with Gasteiger partial charge in [0.1, 0.15) is 5.75 Å². The molecular weight excluding hydrogens is 365 g/mol. The molecule has 0 bridgehead atoms. The lowest BCUT2D eigenvalue weighted by molar-refractivity contribution is 0.0601. The second kappa shape index (κ2) is 6.66. The molecule has 0 atom stereocenters. The van der Waals surface area contributed by atoms with Crippen LogP contribution in [0, 0.1) is 0 Å². The van der Waals surface area contributed by atoms with Gasteiger partial charge in [0.25, 0.3) is 10.0 Å². The Bertz CT molecular complexity index is 867. The van der Waals surface area contributed by atoms with Gasteiger partial charge < -0.3 is 9.84 Å². The highest BCUT2D eigenvalue weighted by atomic mass is 35.5. The van der Waals surface area contributed by atoms with Crippen molar-refractivity contribution in [2.45, 2.75) is 4.90 Å². The molecule has 0 aliphatic rings. The summed E-state index contributed by atoms with van der Waals surface area (Å²) in [6.07, 6.45) is 0. The van der Waals surface area contributed by atoms with Gasteiger partial charge in [-0.15, -0.1) is 0 Å². The molecule has 0 unspecified atom stereocenters. The second-order valence-corrected chi connectivity index (χ2v) is 6.90. The smallest absolute Gasteiger partial charge is 0.340 e. The molecule has 2 N–H and O–H groups in total. The van der Waals surface area contributed by atoms with E-state index in [2.05, 4.69) is 9.46 Å². The third-order valence-corrected chi connectivity index (χ3v) is 4.96. The average molecular weight is 376 g/mol. The normalized spacial score (nSPS) is 11.1. The number of carbonyl (C=O) groups excluding carboxylic acids is 1. The van der Waals surface area contributed by atoms with E-state index < -0.39 is 16.0 Å². The van der Waals surface area contributed by atoms with Crippen LogP contribution in [0.3, 0.4) is 0 Å². The zero-order chi connectivity index (χ0) is 17.2.